The molecule has 0 spiro atoms. The number of aliphatic hydroxyl groups is 1. The molecule has 8 rings (SSSR count). The van der Waals surface area contributed by atoms with E-state index >= 15 is 0 Å². The van der Waals surface area contributed by atoms with E-state index in [1.807, 2.05) is 54.1 Å². The number of imidazole rings is 1. The van der Waals surface area contributed by atoms with Crippen molar-refractivity contribution in [3.05, 3.63) is 94.7 Å². The van der Waals surface area contributed by atoms with E-state index in [1.54, 1.807) is 0 Å². The molecule has 0 radical (unpaired) electrons. The Kier molecular flexibility index (Phi) is 7.15. The highest BCUT2D eigenvalue weighted by atomic mass is 16.4. The molecule has 8 nitrogen and oxygen atoms in total. The first-order valence-electron chi connectivity index (χ1n) is 16.1. The van der Waals surface area contributed by atoms with Gasteiger partial charge in [0.05, 0.1) is 33.5 Å². The maximum atomic E-state index is 12.0. The predicted octanol–water partition coefficient (Wildman–Crippen LogP) is 7.50. The van der Waals surface area contributed by atoms with Crippen LogP contribution in [0.15, 0.2) is 60.7 Å². The second-order valence-electron chi connectivity index (χ2n) is 13.6. The summed E-state index contributed by atoms with van der Waals surface area (Å²) < 4.78 is 2.02. The van der Waals surface area contributed by atoms with Crippen molar-refractivity contribution >= 4 is 17.0 Å². The summed E-state index contributed by atoms with van der Waals surface area (Å²) in [7, 11) is 0. The molecule has 2 aromatic carbocycles. The largest absolute Gasteiger partial charge is 0.481 e. The first kappa shape index (κ1) is 29.4. The number of nitrogens with one attached hydrogen (secondary N) is 1. The minimum atomic E-state index is -0.753. The number of carboxylic acids is 1. The molecule has 1 atom stereocenters. The van der Waals surface area contributed by atoms with E-state index in [-0.39, 0.29) is 11.3 Å². The normalized spacial score (nSPS) is 21.9. The Bertz CT molecular complexity index is 1880. The molecule has 0 aliphatic heterocycles. The third-order valence-corrected chi connectivity index (χ3v) is 10.6. The standard InChI is InChI=1S/C37H41N5O3/c1-22(2)31-24(4)42(28-13-14-30(38-23(28)3)36-15-18-37(19-16-36,20-17-36)35(44)45)41-33(31)26-11-8-12-27-32(26)40-34(39-27)29(43)21-25-9-6-5-7-10-25/h5-14,22,29,43H,15-21H2,1-4H3,(H,39,40)(H,44,45)/t29-,36?,37?/m0/s1. The van der Waals surface area contributed by atoms with E-state index in [0.29, 0.717) is 12.2 Å². The van der Waals surface area contributed by atoms with Gasteiger partial charge < -0.3 is 15.2 Å². The Balaban J connectivity index is 1.24. The highest BCUT2D eigenvalue weighted by Crippen LogP contribution is 2.57. The Morgan fingerprint density at radius 2 is 1.64 bits per heavy atom. The second kappa shape index (κ2) is 10.9. The number of aromatic nitrogens is 5. The van der Waals surface area contributed by atoms with E-state index in [2.05, 4.69) is 44.0 Å². The molecule has 232 valence electrons. The number of benzene rings is 2. The van der Waals surface area contributed by atoms with Crippen molar-refractivity contribution in [1.29, 1.82) is 0 Å². The molecule has 3 N–H and O–H groups in total. The first-order valence-corrected chi connectivity index (χ1v) is 16.1. The molecule has 3 fully saturated rings. The van der Waals surface area contributed by atoms with Crippen molar-refractivity contribution in [2.24, 2.45) is 5.41 Å². The van der Waals surface area contributed by atoms with Gasteiger partial charge in [-0.05, 0) is 82.1 Å². The fraction of sp³-hybridized carbons (Fsp3) is 0.405. The smallest absolute Gasteiger partial charge is 0.309 e. The van der Waals surface area contributed by atoms with Crippen LogP contribution in [0.4, 0.5) is 0 Å². The lowest BCUT2D eigenvalue weighted by atomic mass is 9.52. The van der Waals surface area contributed by atoms with Crippen LogP contribution in [0.1, 0.15) is 98.4 Å². The number of pyridine rings is 1. The zero-order valence-corrected chi connectivity index (χ0v) is 26.5. The van der Waals surface area contributed by atoms with E-state index in [9.17, 15) is 15.0 Å². The van der Waals surface area contributed by atoms with Crippen molar-refractivity contribution < 1.29 is 15.0 Å². The van der Waals surface area contributed by atoms with Gasteiger partial charge in [0.25, 0.3) is 0 Å². The van der Waals surface area contributed by atoms with Gasteiger partial charge in [-0.15, -0.1) is 0 Å². The Morgan fingerprint density at radius 1 is 0.933 bits per heavy atom. The average molecular weight is 604 g/mol. The van der Waals surface area contributed by atoms with Crippen molar-refractivity contribution in [2.75, 3.05) is 0 Å². The Morgan fingerprint density at radius 3 is 2.29 bits per heavy atom. The van der Waals surface area contributed by atoms with Gasteiger partial charge in [-0.3, -0.25) is 9.78 Å². The molecule has 3 aromatic heterocycles. The van der Waals surface area contributed by atoms with Crippen LogP contribution in [0.2, 0.25) is 0 Å². The molecule has 0 unspecified atom stereocenters. The molecule has 0 amide bonds. The lowest BCUT2D eigenvalue weighted by Gasteiger charge is -2.51. The number of carboxylic acid groups (broad SMARTS) is 1. The van der Waals surface area contributed by atoms with Crippen LogP contribution >= 0.6 is 0 Å². The molecule has 3 aliphatic rings. The number of hydrogen-bond acceptors (Lipinski definition) is 5. The van der Waals surface area contributed by atoms with Crippen LogP contribution in [-0.4, -0.2) is 40.9 Å². The van der Waals surface area contributed by atoms with Gasteiger partial charge in [-0.2, -0.15) is 5.10 Å². The first-order chi connectivity index (χ1) is 21.6. The minimum Gasteiger partial charge on any atom is -0.481 e. The number of fused-ring (bicyclic) bond motifs is 4. The number of aryl methyl sites for hydroxylation is 1. The van der Waals surface area contributed by atoms with Gasteiger partial charge in [-0.1, -0.05) is 56.3 Å². The molecular weight excluding hydrogens is 562 g/mol. The zero-order chi connectivity index (χ0) is 31.5. The number of aromatic amines is 1. The Hall–Kier alpha value is -4.30. The van der Waals surface area contributed by atoms with Crippen LogP contribution in [0, 0.1) is 19.3 Å². The molecule has 45 heavy (non-hydrogen) atoms. The molecule has 8 heteroatoms. The van der Waals surface area contributed by atoms with Crippen molar-refractivity contribution in [2.45, 2.75) is 90.1 Å². The van der Waals surface area contributed by atoms with Crippen molar-refractivity contribution in [1.82, 2.24) is 24.7 Å². The van der Waals surface area contributed by atoms with Crippen molar-refractivity contribution in [3.63, 3.8) is 0 Å². The maximum absolute atomic E-state index is 12.0. The quantitative estimate of drug-likeness (QED) is 0.169. The van der Waals surface area contributed by atoms with Gasteiger partial charge in [0.2, 0.25) is 0 Å². The average Bonchev–Trinajstić information content (AvgIpc) is 3.64. The number of hydrogen-bond donors (Lipinski definition) is 3. The summed E-state index contributed by atoms with van der Waals surface area (Å²) in [5.41, 5.74) is 9.12. The van der Waals surface area contributed by atoms with Gasteiger partial charge in [-0.25, -0.2) is 9.67 Å². The number of nitrogens with zero attached hydrogens (tertiary/aromatic N) is 4. The van der Waals surface area contributed by atoms with Gasteiger partial charge in [0.1, 0.15) is 11.9 Å². The monoisotopic (exact) mass is 603 g/mol. The highest BCUT2D eigenvalue weighted by Gasteiger charge is 2.53. The van der Waals surface area contributed by atoms with E-state index < -0.39 is 17.5 Å². The maximum Gasteiger partial charge on any atom is 0.309 e. The number of aliphatic carboxylic acids is 1. The van der Waals surface area contributed by atoms with E-state index in [1.165, 1.54) is 0 Å². The van der Waals surface area contributed by atoms with Crippen LogP contribution in [0.3, 0.4) is 0 Å². The third-order valence-electron chi connectivity index (χ3n) is 10.6. The second-order valence-corrected chi connectivity index (χ2v) is 13.6. The zero-order valence-electron chi connectivity index (χ0n) is 26.5. The van der Waals surface area contributed by atoms with Gasteiger partial charge in [0.15, 0.2) is 0 Å². The minimum absolute atomic E-state index is 0.0354. The molecule has 3 saturated carbocycles. The summed E-state index contributed by atoms with van der Waals surface area (Å²) in [5, 5.41) is 26.1. The molecule has 3 heterocycles. The Labute approximate surface area is 263 Å². The summed E-state index contributed by atoms with van der Waals surface area (Å²) in [6.45, 7) is 8.54. The molecule has 2 bridgehead atoms. The van der Waals surface area contributed by atoms with Crippen molar-refractivity contribution in [3.8, 4) is 16.9 Å². The number of aliphatic hydroxyl groups excluding tert-OH is 1. The van der Waals surface area contributed by atoms with E-state index in [0.717, 1.165) is 94.7 Å². The summed E-state index contributed by atoms with van der Waals surface area (Å²) >= 11 is 0. The van der Waals surface area contributed by atoms with Crippen LogP contribution in [0.5, 0.6) is 0 Å². The number of para-hydroxylation sites is 1. The summed E-state index contributed by atoms with van der Waals surface area (Å²) in [4.78, 5) is 25.4. The van der Waals surface area contributed by atoms with Gasteiger partial charge in [0, 0.05) is 34.4 Å². The van der Waals surface area contributed by atoms with Crippen LogP contribution < -0.4 is 0 Å². The lowest BCUT2D eigenvalue weighted by molar-refractivity contribution is -0.156. The summed E-state index contributed by atoms with van der Waals surface area (Å²) in [6.07, 6.45) is 4.55. The molecule has 5 aromatic rings. The topological polar surface area (TPSA) is 117 Å². The third kappa shape index (κ3) is 4.86. The van der Waals surface area contributed by atoms with Crippen LogP contribution in [0.25, 0.3) is 28.0 Å². The lowest BCUT2D eigenvalue weighted by Crippen LogP contribution is -2.48. The SMILES string of the molecule is Cc1nc(C23CCC(C(=O)O)(CC2)CC3)ccc1-n1nc(-c2cccc3[nH]c([C@@H](O)Cc4ccccc4)nc23)c(C(C)C)c1C. The predicted molar refractivity (Wildman–Crippen MR) is 175 cm³/mol. The highest BCUT2D eigenvalue weighted by molar-refractivity contribution is 5.92. The molecule has 0 saturated heterocycles. The van der Waals surface area contributed by atoms with E-state index in [4.69, 9.17) is 15.1 Å². The summed E-state index contributed by atoms with van der Waals surface area (Å²) in [6, 6.07) is 20.3. The molecular formula is C37H41N5O3. The van der Waals surface area contributed by atoms with Gasteiger partial charge >= 0.3 is 5.97 Å². The number of H-pyrrole nitrogens is 1. The summed E-state index contributed by atoms with van der Waals surface area (Å²) in [5.74, 6) is 0.132. The molecule has 3 aliphatic carbocycles. The fourth-order valence-electron chi connectivity index (χ4n) is 7.94. The number of carbonyl (C=O) groups is 1. The number of rotatable bonds is 8. The fourth-order valence-corrected chi connectivity index (χ4v) is 7.94. The van der Waals surface area contributed by atoms with Crippen LogP contribution in [-0.2, 0) is 16.6 Å².